The molecule has 74 valence electrons. The van der Waals surface area contributed by atoms with E-state index in [1.807, 2.05) is 12.1 Å². The molecule has 14 heavy (non-hydrogen) atoms. The first-order valence-corrected chi connectivity index (χ1v) is 5.05. The maximum Gasteiger partial charge on any atom is 0.255 e. The van der Waals surface area contributed by atoms with Crippen LogP contribution in [-0.2, 0) is 4.74 Å². The minimum absolute atomic E-state index is 0.601. The van der Waals surface area contributed by atoms with Crippen molar-refractivity contribution in [1.29, 1.82) is 0 Å². The smallest absolute Gasteiger partial charge is 0.255 e. The van der Waals surface area contributed by atoms with Gasteiger partial charge < -0.3 is 4.74 Å². The van der Waals surface area contributed by atoms with Crippen LogP contribution >= 0.6 is 11.8 Å². The largest absolute Gasteiger partial charge is 0.476 e. The molecule has 0 aromatic heterocycles. The molecule has 0 saturated heterocycles. The molecule has 0 unspecified atom stereocenters. The van der Waals surface area contributed by atoms with E-state index in [4.69, 9.17) is 4.74 Å². The van der Waals surface area contributed by atoms with E-state index in [9.17, 15) is 0 Å². The Hall–Kier alpha value is -1.22. The Balaban J connectivity index is 2.72. The van der Waals surface area contributed by atoms with Gasteiger partial charge in [0.15, 0.2) is 0 Å². The van der Waals surface area contributed by atoms with Crippen LogP contribution in [0.1, 0.15) is 5.56 Å². The summed E-state index contributed by atoms with van der Waals surface area (Å²) in [5, 5.41) is 0.601. The van der Waals surface area contributed by atoms with E-state index in [0.29, 0.717) is 5.23 Å². The Labute approximate surface area is 88.7 Å². The second-order valence-electron chi connectivity index (χ2n) is 2.70. The second-order valence-corrected chi connectivity index (χ2v) is 3.72. The molecular weight excluding hydrogens is 194 g/mol. The average Bonchev–Trinajstić information content (AvgIpc) is 2.20. The molecule has 0 aliphatic carbocycles. The highest BCUT2D eigenvalue weighted by Gasteiger charge is 2.00. The number of hydrogen-bond acceptors (Lipinski definition) is 3. The highest BCUT2D eigenvalue weighted by atomic mass is 32.2. The van der Waals surface area contributed by atoms with Crippen molar-refractivity contribution in [3.05, 3.63) is 42.6 Å². The number of aryl methyl sites for hydroxylation is 1. The Morgan fingerprint density at radius 1 is 1.43 bits per heavy atom. The Kier molecular flexibility index (Phi) is 4.26. The van der Waals surface area contributed by atoms with Crippen molar-refractivity contribution in [1.82, 2.24) is 0 Å². The van der Waals surface area contributed by atoms with Gasteiger partial charge in [0.25, 0.3) is 5.23 Å². The Bertz CT molecular complexity index is 330. The minimum Gasteiger partial charge on any atom is -0.476 e. The van der Waals surface area contributed by atoms with Crippen molar-refractivity contribution in [2.45, 2.75) is 11.8 Å². The summed E-state index contributed by atoms with van der Waals surface area (Å²) in [5.41, 5.74) is 1.24. The first-order valence-electron chi connectivity index (χ1n) is 4.23. The van der Waals surface area contributed by atoms with E-state index in [0.717, 1.165) is 4.90 Å². The third-order valence-electron chi connectivity index (χ3n) is 1.60. The number of ether oxygens (including phenoxy) is 1. The summed E-state index contributed by atoms with van der Waals surface area (Å²) in [6, 6.07) is 8.20. The van der Waals surface area contributed by atoms with Gasteiger partial charge in [-0.1, -0.05) is 24.3 Å². The van der Waals surface area contributed by atoms with Crippen LogP contribution in [0.5, 0.6) is 0 Å². The van der Waals surface area contributed by atoms with Crippen LogP contribution in [0.2, 0.25) is 0 Å². The lowest BCUT2D eigenvalue weighted by Gasteiger charge is -2.03. The fourth-order valence-electron chi connectivity index (χ4n) is 0.902. The molecule has 2 nitrogen and oxygen atoms in total. The van der Waals surface area contributed by atoms with E-state index < -0.39 is 0 Å². The number of thioether (sulfide) groups is 1. The molecule has 0 atom stereocenters. The molecule has 0 radical (unpaired) electrons. The van der Waals surface area contributed by atoms with Gasteiger partial charge in [-0.3, -0.25) is 0 Å². The lowest BCUT2D eigenvalue weighted by molar-refractivity contribution is 0.416. The zero-order chi connectivity index (χ0) is 10.4. The molecule has 0 saturated carbocycles. The van der Waals surface area contributed by atoms with Crippen LogP contribution in [0.25, 0.3) is 0 Å². The topological polar surface area (TPSA) is 21.6 Å². The Morgan fingerprint density at radius 3 is 2.57 bits per heavy atom. The molecule has 0 heterocycles. The molecule has 1 rings (SSSR count). The van der Waals surface area contributed by atoms with Crippen LogP contribution in [0.15, 0.2) is 46.9 Å². The lowest BCUT2D eigenvalue weighted by atomic mass is 10.2. The van der Waals surface area contributed by atoms with Crippen molar-refractivity contribution in [3.8, 4) is 0 Å². The quantitative estimate of drug-likeness (QED) is 0.422. The third-order valence-corrected chi connectivity index (χ3v) is 2.55. The van der Waals surface area contributed by atoms with Crippen LogP contribution < -0.4 is 0 Å². The lowest BCUT2D eigenvalue weighted by Crippen LogP contribution is -1.93. The van der Waals surface area contributed by atoms with Crippen molar-refractivity contribution in [2.75, 3.05) is 7.11 Å². The average molecular weight is 207 g/mol. The van der Waals surface area contributed by atoms with Crippen molar-refractivity contribution < 1.29 is 4.74 Å². The molecule has 0 spiro atoms. The van der Waals surface area contributed by atoms with E-state index >= 15 is 0 Å². The zero-order valence-corrected chi connectivity index (χ0v) is 9.17. The molecule has 0 fully saturated rings. The van der Waals surface area contributed by atoms with E-state index in [1.54, 1.807) is 7.11 Å². The molecular formula is C11H13NOS. The van der Waals surface area contributed by atoms with Gasteiger partial charge in [-0.25, -0.2) is 4.99 Å². The molecule has 0 aliphatic heterocycles. The number of methoxy groups -OCH3 is 1. The summed E-state index contributed by atoms with van der Waals surface area (Å²) in [6.45, 7) is 5.58. The minimum atomic E-state index is 0.601. The molecule has 0 aliphatic rings. The van der Waals surface area contributed by atoms with Gasteiger partial charge >= 0.3 is 0 Å². The highest BCUT2D eigenvalue weighted by molar-refractivity contribution is 8.13. The molecule has 3 heteroatoms. The monoisotopic (exact) mass is 207 g/mol. The third kappa shape index (κ3) is 3.26. The molecule has 0 bridgehead atoms. The van der Waals surface area contributed by atoms with Gasteiger partial charge in [0.1, 0.15) is 0 Å². The second kappa shape index (κ2) is 5.50. The number of benzene rings is 1. The summed E-state index contributed by atoms with van der Waals surface area (Å²) < 4.78 is 5.07. The van der Waals surface area contributed by atoms with Gasteiger partial charge in [-0.15, -0.1) is 0 Å². The van der Waals surface area contributed by atoms with Crippen LogP contribution in [0.3, 0.4) is 0 Å². The number of hydrogen-bond donors (Lipinski definition) is 0. The van der Waals surface area contributed by atoms with Crippen LogP contribution in [-0.4, -0.2) is 12.3 Å². The van der Waals surface area contributed by atoms with Gasteiger partial charge in [0.05, 0.1) is 7.11 Å². The standard InChI is InChI=1S/C11H13NOS/c1-4-12-11(13-3)14-10-7-5-9(2)6-8-10/h4-8H,1H2,2-3H3. The Morgan fingerprint density at radius 2 is 2.07 bits per heavy atom. The van der Waals surface area contributed by atoms with Gasteiger partial charge in [-0.2, -0.15) is 0 Å². The van der Waals surface area contributed by atoms with E-state index in [2.05, 4.69) is 30.6 Å². The fourth-order valence-corrected chi connectivity index (χ4v) is 1.59. The first kappa shape index (κ1) is 10.9. The maximum absolute atomic E-state index is 5.07. The van der Waals surface area contributed by atoms with Gasteiger partial charge in [0.2, 0.25) is 0 Å². The maximum atomic E-state index is 5.07. The first-order chi connectivity index (χ1) is 6.76. The predicted octanol–water partition coefficient (Wildman–Crippen LogP) is 3.23. The van der Waals surface area contributed by atoms with E-state index in [-0.39, 0.29) is 0 Å². The highest BCUT2D eigenvalue weighted by Crippen LogP contribution is 2.20. The SMILES string of the molecule is C=CN=C(OC)Sc1ccc(C)cc1. The number of aliphatic imine (C=N–C) groups is 1. The normalized spacial score (nSPS) is 11.1. The summed E-state index contributed by atoms with van der Waals surface area (Å²) in [6.07, 6.45) is 1.47. The number of nitrogens with zero attached hydrogens (tertiary/aromatic N) is 1. The van der Waals surface area contributed by atoms with Crippen LogP contribution in [0, 0.1) is 6.92 Å². The summed E-state index contributed by atoms with van der Waals surface area (Å²) >= 11 is 1.48. The zero-order valence-electron chi connectivity index (χ0n) is 8.36. The van der Waals surface area contributed by atoms with Crippen molar-refractivity contribution in [2.24, 2.45) is 4.99 Å². The van der Waals surface area contributed by atoms with Crippen molar-refractivity contribution >= 4 is 17.0 Å². The predicted molar refractivity (Wildman–Crippen MR) is 61.7 cm³/mol. The summed E-state index contributed by atoms with van der Waals surface area (Å²) in [5.74, 6) is 0. The van der Waals surface area contributed by atoms with Crippen LogP contribution in [0.4, 0.5) is 0 Å². The number of rotatable bonds is 2. The molecule has 1 aromatic rings. The molecule has 0 amide bonds. The van der Waals surface area contributed by atoms with Gasteiger partial charge in [-0.05, 0) is 30.8 Å². The summed E-state index contributed by atoms with van der Waals surface area (Å²) in [4.78, 5) is 5.09. The van der Waals surface area contributed by atoms with E-state index in [1.165, 1.54) is 23.5 Å². The molecule has 1 aromatic carbocycles. The summed E-state index contributed by atoms with van der Waals surface area (Å²) in [7, 11) is 1.60. The van der Waals surface area contributed by atoms with Crippen molar-refractivity contribution in [3.63, 3.8) is 0 Å². The fraction of sp³-hybridized carbons (Fsp3) is 0.182. The molecule has 0 N–H and O–H groups in total. The van der Waals surface area contributed by atoms with Gasteiger partial charge in [0, 0.05) is 11.1 Å².